The second kappa shape index (κ2) is 8.57. The van der Waals surface area contributed by atoms with Crippen LogP contribution in [0.25, 0.3) is 0 Å². The average molecular weight is 509 g/mol. The highest BCUT2D eigenvalue weighted by Crippen LogP contribution is 2.67. The molecular weight excluding hydrogens is 476 g/mol. The van der Waals surface area contributed by atoms with Gasteiger partial charge in [-0.25, -0.2) is 4.99 Å². The number of piperidine rings is 2. The molecule has 6 rings (SSSR count). The molecule has 2 atom stereocenters. The van der Waals surface area contributed by atoms with Crippen LogP contribution in [0.1, 0.15) is 43.2 Å². The second-order valence-electron chi connectivity index (χ2n) is 11.2. The molecule has 3 heterocycles. The van der Waals surface area contributed by atoms with Gasteiger partial charge >= 0.3 is 0 Å². The smallest absolute Gasteiger partial charge is 0.140 e. The summed E-state index contributed by atoms with van der Waals surface area (Å²) in [6.07, 6.45) is 4.84. The zero-order valence-electron chi connectivity index (χ0n) is 21.6. The number of hydrogen-bond donors (Lipinski definition) is 0. The van der Waals surface area contributed by atoms with E-state index in [-0.39, 0.29) is 0 Å². The Labute approximate surface area is 224 Å². The fourth-order valence-corrected chi connectivity index (χ4v) is 7.83. The van der Waals surface area contributed by atoms with Crippen molar-refractivity contribution in [3.8, 4) is 12.1 Å². The minimum absolute atomic E-state index is 0.473. The summed E-state index contributed by atoms with van der Waals surface area (Å²) in [6, 6.07) is 22.4. The molecule has 3 aliphatic heterocycles. The highest BCUT2D eigenvalue weighted by atomic mass is 32.1. The highest BCUT2D eigenvalue weighted by molar-refractivity contribution is 7.80. The van der Waals surface area contributed by atoms with E-state index in [4.69, 9.17) is 17.2 Å². The van der Waals surface area contributed by atoms with E-state index in [2.05, 4.69) is 84.3 Å². The number of rotatable bonds is 2. The molecule has 2 unspecified atom stereocenters. The van der Waals surface area contributed by atoms with E-state index in [0.29, 0.717) is 31.4 Å². The first-order chi connectivity index (χ1) is 17.9. The number of amidine groups is 1. The van der Waals surface area contributed by atoms with Crippen LogP contribution in [0.5, 0.6) is 0 Å². The quantitative estimate of drug-likeness (QED) is 0.494. The zero-order valence-corrected chi connectivity index (χ0v) is 22.4. The number of nitrogens with zero attached hydrogens (tertiary/aromatic N) is 6. The Hall–Kier alpha value is -3.42. The molecule has 2 saturated heterocycles. The van der Waals surface area contributed by atoms with E-state index in [1.54, 1.807) is 0 Å². The molecular formula is C30H32N6S. The van der Waals surface area contributed by atoms with Crippen molar-refractivity contribution in [1.29, 1.82) is 10.5 Å². The third-order valence-electron chi connectivity index (χ3n) is 9.33. The van der Waals surface area contributed by atoms with Crippen molar-refractivity contribution in [2.75, 3.05) is 36.2 Å². The molecule has 1 spiro atoms. The number of benzene rings is 2. The van der Waals surface area contributed by atoms with E-state index >= 15 is 0 Å². The van der Waals surface area contributed by atoms with Crippen molar-refractivity contribution >= 4 is 34.4 Å². The molecule has 6 nitrogen and oxygen atoms in total. The lowest BCUT2D eigenvalue weighted by Gasteiger charge is -2.68. The molecule has 2 aromatic rings. The van der Waals surface area contributed by atoms with Crippen molar-refractivity contribution in [2.24, 2.45) is 21.2 Å². The highest BCUT2D eigenvalue weighted by Gasteiger charge is 2.75. The van der Waals surface area contributed by atoms with Gasteiger partial charge < -0.3 is 14.7 Å². The first-order valence-corrected chi connectivity index (χ1v) is 13.6. The number of hydrogen-bond acceptors (Lipinski definition) is 6. The van der Waals surface area contributed by atoms with E-state index in [0.717, 1.165) is 49.3 Å². The van der Waals surface area contributed by atoms with Gasteiger partial charge in [0.05, 0.1) is 18.8 Å². The SMILES string of the molecule is Cc1ccc(N2CN=C3N(C2)C(=S)C2(C#N)CN(c4ccc(C)cc4)CC3(C#N)C23CCCCC3)cc1. The van der Waals surface area contributed by atoms with Crippen molar-refractivity contribution in [3.05, 3.63) is 59.7 Å². The van der Waals surface area contributed by atoms with E-state index in [1.165, 1.54) is 11.1 Å². The molecule has 0 aromatic heterocycles. The van der Waals surface area contributed by atoms with E-state index in [9.17, 15) is 10.5 Å². The molecule has 1 saturated carbocycles. The molecule has 3 fully saturated rings. The summed E-state index contributed by atoms with van der Waals surface area (Å²) in [5.41, 5.74) is 2.10. The van der Waals surface area contributed by atoms with Gasteiger partial charge in [0.2, 0.25) is 0 Å². The van der Waals surface area contributed by atoms with Crippen LogP contribution in [0.4, 0.5) is 11.4 Å². The van der Waals surface area contributed by atoms with Gasteiger partial charge in [-0.05, 0) is 51.0 Å². The average Bonchev–Trinajstić information content (AvgIpc) is 2.93. The molecule has 7 heteroatoms. The summed E-state index contributed by atoms with van der Waals surface area (Å²) in [5, 5.41) is 22.2. The third-order valence-corrected chi connectivity index (χ3v) is 9.90. The van der Waals surface area contributed by atoms with Gasteiger partial charge in [-0.15, -0.1) is 0 Å². The Bertz CT molecular complexity index is 1340. The first kappa shape index (κ1) is 23.9. The standard InChI is InChI=1S/C30H32N6S/c1-22-6-10-24(11-7-22)34-18-28(16-31)26-33-20-35(25-12-8-23(2)9-13-25)21-36(26)27(37)29(17-32,19-34)30(28)14-4-3-5-15-30/h6-13H,3-5,14-15,18-21H2,1-2H3. The Morgan fingerprint density at radius 3 is 1.89 bits per heavy atom. The van der Waals surface area contributed by atoms with Crippen LogP contribution in [-0.4, -0.2) is 42.2 Å². The van der Waals surface area contributed by atoms with Gasteiger partial charge in [0.25, 0.3) is 0 Å². The molecule has 188 valence electrons. The minimum atomic E-state index is -0.947. The number of anilines is 2. The first-order valence-electron chi connectivity index (χ1n) is 13.2. The van der Waals surface area contributed by atoms with Crippen LogP contribution in [0.3, 0.4) is 0 Å². The minimum Gasteiger partial charge on any atom is -0.367 e. The molecule has 0 radical (unpaired) electrons. The Kier molecular flexibility index (Phi) is 5.55. The lowest BCUT2D eigenvalue weighted by atomic mass is 9.42. The summed E-state index contributed by atoms with van der Waals surface area (Å²) in [7, 11) is 0. The molecule has 1 aliphatic carbocycles. The lowest BCUT2D eigenvalue weighted by Crippen LogP contribution is -2.79. The summed E-state index contributed by atoms with van der Waals surface area (Å²) in [5.74, 6) is 0.771. The fourth-order valence-electron chi connectivity index (χ4n) is 7.38. The maximum Gasteiger partial charge on any atom is 0.140 e. The Morgan fingerprint density at radius 1 is 0.784 bits per heavy atom. The van der Waals surface area contributed by atoms with Crippen LogP contribution in [-0.2, 0) is 0 Å². The predicted molar refractivity (Wildman–Crippen MR) is 150 cm³/mol. The topological polar surface area (TPSA) is 69.7 Å². The molecule has 4 aliphatic rings. The van der Waals surface area contributed by atoms with Crippen LogP contribution in [0, 0.1) is 52.8 Å². The predicted octanol–water partition coefficient (Wildman–Crippen LogP) is 5.57. The largest absolute Gasteiger partial charge is 0.367 e. The number of fused-ring (bicyclic) bond motifs is 2. The third kappa shape index (κ3) is 3.20. The van der Waals surface area contributed by atoms with Gasteiger partial charge in [-0.3, -0.25) is 0 Å². The zero-order chi connectivity index (χ0) is 25.8. The Morgan fingerprint density at radius 2 is 1.32 bits per heavy atom. The number of nitriles is 2. The van der Waals surface area contributed by atoms with E-state index < -0.39 is 16.2 Å². The van der Waals surface area contributed by atoms with Crippen molar-refractivity contribution in [3.63, 3.8) is 0 Å². The van der Waals surface area contributed by atoms with Crippen molar-refractivity contribution < 1.29 is 0 Å². The second-order valence-corrected chi connectivity index (χ2v) is 11.6. The van der Waals surface area contributed by atoms with Gasteiger partial charge in [0, 0.05) is 29.9 Å². The fraction of sp³-hybridized carbons (Fsp3) is 0.467. The van der Waals surface area contributed by atoms with Crippen LogP contribution in [0.15, 0.2) is 53.5 Å². The van der Waals surface area contributed by atoms with Gasteiger partial charge in [-0.2, -0.15) is 10.5 Å². The van der Waals surface area contributed by atoms with Gasteiger partial charge in [0.15, 0.2) is 0 Å². The van der Waals surface area contributed by atoms with Crippen LogP contribution >= 0.6 is 12.2 Å². The maximum atomic E-state index is 11.1. The van der Waals surface area contributed by atoms with Gasteiger partial charge in [0.1, 0.15) is 28.3 Å². The Balaban J connectivity index is 1.52. The number of aliphatic imine (C=N–C) groups is 1. The molecule has 0 N–H and O–H groups in total. The van der Waals surface area contributed by atoms with Gasteiger partial charge in [-0.1, -0.05) is 66.9 Å². The van der Waals surface area contributed by atoms with Crippen LogP contribution < -0.4 is 9.80 Å². The molecule has 37 heavy (non-hydrogen) atoms. The number of thiocarbonyl (C=S) groups is 1. The summed E-state index contributed by atoms with van der Waals surface area (Å²) < 4.78 is 0. The number of aryl methyl sites for hydroxylation is 2. The van der Waals surface area contributed by atoms with Crippen LogP contribution in [0.2, 0.25) is 0 Å². The van der Waals surface area contributed by atoms with Crippen molar-refractivity contribution in [1.82, 2.24) is 4.90 Å². The normalized spacial score (nSPS) is 28.3. The molecule has 2 bridgehead atoms. The molecule has 2 aromatic carbocycles. The monoisotopic (exact) mass is 508 g/mol. The summed E-state index contributed by atoms with van der Waals surface area (Å²) in [4.78, 5) is 12.2. The molecule has 0 amide bonds. The maximum absolute atomic E-state index is 11.1. The van der Waals surface area contributed by atoms with E-state index in [1.807, 2.05) is 4.90 Å². The lowest BCUT2D eigenvalue weighted by molar-refractivity contribution is -0.0223. The summed E-state index contributed by atoms with van der Waals surface area (Å²) >= 11 is 6.28. The summed E-state index contributed by atoms with van der Waals surface area (Å²) in [6.45, 7) is 6.16. The van der Waals surface area contributed by atoms with Crippen molar-refractivity contribution in [2.45, 2.75) is 46.0 Å².